The smallest absolute Gasteiger partial charge is 0.0736 e. The van der Waals surface area contributed by atoms with E-state index in [2.05, 4.69) is 26.2 Å². The quantitative estimate of drug-likeness (QED) is 0.917. The minimum Gasteiger partial charge on any atom is -0.379 e. The summed E-state index contributed by atoms with van der Waals surface area (Å²) in [6.07, 6.45) is 1.80. The number of pyridine rings is 1. The molecule has 0 saturated heterocycles. The first-order chi connectivity index (χ1) is 7.36. The van der Waals surface area contributed by atoms with Crippen LogP contribution in [0.2, 0.25) is 0 Å². The molecule has 0 fully saturated rings. The van der Waals surface area contributed by atoms with E-state index in [9.17, 15) is 0 Å². The lowest BCUT2D eigenvalue weighted by molar-refractivity contribution is 1.03. The Bertz CT molecular complexity index is 429. The number of aromatic nitrogens is 1. The van der Waals surface area contributed by atoms with Crippen LogP contribution in [0.25, 0.3) is 0 Å². The van der Waals surface area contributed by atoms with Gasteiger partial charge in [-0.2, -0.15) is 0 Å². The summed E-state index contributed by atoms with van der Waals surface area (Å²) in [4.78, 5) is 4.28. The number of nitrogens with zero attached hydrogens (tertiary/aromatic N) is 1. The first-order valence-electron chi connectivity index (χ1n) is 4.74. The van der Waals surface area contributed by atoms with E-state index < -0.39 is 0 Å². The number of nitrogens with one attached hydrogen (secondary N) is 1. The van der Waals surface area contributed by atoms with Crippen molar-refractivity contribution in [2.75, 3.05) is 5.32 Å². The van der Waals surface area contributed by atoms with Gasteiger partial charge in [0.2, 0.25) is 0 Å². The summed E-state index contributed by atoms with van der Waals surface area (Å²) in [5.41, 5.74) is 2.12. The molecule has 0 spiro atoms. The van der Waals surface area contributed by atoms with Crippen LogP contribution in [-0.2, 0) is 6.54 Å². The second-order valence-electron chi connectivity index (χ2n) is 3.15. The summed E-state index contributed by atoms with van der Waals surface area (Å²) in [6.45, 7) is 0.728. The number of para-hydroxylation sites is 1. The highest BCUT2D eigenvalue weighted by atomic mass is 79.9. The lowest BCUT2D eigenvalue weighted by atomic mass is 10.3. The van der Waals surface area contributed by atoms with Gasteiger partial charge in [0.05, 0.1) is 12.2 Å². The van der Waals surface area contributed by atoms with E-state index in [0.717, 1.165) is 22.4 Å². The van der Waals surface area contributed by atoms with Gasteiger partial charge in [0.15, 0.2) is 0 Å². The largest absolute Gasteiger partial charge is 0.379 e. The Labute approximate surface area is 97.5 Å². The number of hydrogen-bond donors (Lipinski definition) is 1. The van der Waals surface area contributed by atoms with Crippen LogP contribution in [0.4, 0.5) is 5.69 Å². The Morgan fingerprint density at radius 3 is 2.60 bits per heavy atom. The molecule has 2 aromatic rings. The Hall–Kier alpha value is -1.35. The molecule has 0 aliphatic rings. The molecule has 76 valence electrons. The summed E-state index contributed by atoms with van der Waals surface area (Å²) >= 11 is 3.47. The van der Waals surface area contributed by atoms with E-state index in [1.54, 1.807) is 6.20 Å². The minimum atomic E-state index is 0.728. The molecular weight excluding hydrogens is 252 g/mol. The summed E-state index contributed by atoms with van der Waals surface area (Å²) in [7, 11) is 0. The molecule has 0 radical (unpaired) electrons. The number of anilines is 1. The van der Waals surface area contributed by atoms with E-state index in [0.29, 0.717) is 0 Å². The fourth-order valence-corrected chi connectivity index (χ4v) is 1.69. The molecule has 1 aromatic heterocycles. The Morgan fingerprint density at radius 1 is 1.07 bits per heavy atom. The number of rotatable bonds is 3. The van der Waals surface area contributed by atoms with Crippen LogP contribution >= 0.6 is 15.9 Å². The van der Waals surface area contributed by atoms with Gasteiger partial charge in [0.1, 0.15) is 0 Å². The second-order valence-corrected chi connectivity index (χ2v) is 4.01. The number of benzene rings is 1. The molecule has 0 saturated carbocycles. The molecule has 0 bridgehead atoms. The Kier molecular flexibility index (Phi) is 3.35. The average molecular weight is 263 g/mol. The molecular formula is C12H11BrN2. The van der Waals surface area contributed by atoms with Gasteiger partial charge < -0.3 is 5.32 Å². The number of halogens is 1. The molecule has 0 aliphatic carbocycles. The van der Waals surface area contributed by atoms with Crippen LogP contribution < -0.4 is 5.32 Å². The first-order valence-corrected chi connectivity index (χ1v) is 5.54. The topological polar surface area (TPSA) is 24.9 Å². The predicted molar refractivity (Wildman–Crippen MR) is 65.7 cm³/mol. The van der Waals surface area contributed by atoms with Crippen molar-refractivity contribution in [3.05, 3.63) is 58.8 Å². The van der Waals surface area contributed by atoms with E-state index in [1.165, 1.54) is 0 Å². The Balaban J connectivity index is 2.03. The molecule has 0 amide bonds. The fraction of sp³-hybridized carbons (Fsp3) is 0.0833. The van der Waals surface area contributed by atoms with Crippen molar-refractivity contribution in [1.82, 2.24) is 4.98 Å². The predicted octanol–water partition coefficient (Wildman–Crippen LogP) is 3.46. The minimum absolute atomic E-state index is 0.728. The second kappa shape index (κ2) is 4.94. The molecule has 1 heterocycles. The average Bonchev–Trinajstić information content (AvgIpc) is 2.29. The van der Waals surface area contributed by atoms with Gasteiger partial charge in [-0.05, 0) is 40.2 Å². The van der Waals surface area contributed by atoms with Gasteiger partial charge in [-0.15, -0.1) is 0 Å². The van der Waals surface area contributed by atoms with Crippen molar-refractivity contribution in [3.63, 3.8) is 0 Å². The van der Waals surface area contributed by atoms with Crippen LogP contribution in [0.3, 0.4) is 0 Å². The fourth-order valence-electron chi connectivity index (χ4n) is 1.29. The van der Waals surface area contributed by atoms with Gasteiger partial charge in [0.25, 0.3) is 0 Å². The molecule has 3 heteroatoms. The van der Waals surface area contributed by atoms with Gasteiger partial charge in [-0.1, -0.05) is 18.2 Å². The van der Waals surface area contributed by atoms with Crippen LogP contribution in [0, 0.1) is 0 Å². The van der Waals surface area contributed by atoms with Crippen molar-refractivity contribution >= 4 is 21.6 Å². The molecule has 15 heavy (non-hydrogen) atoms. The van der Waals surface area contributed by atoms with Crippen molar-refractivity contribution in [1.29, 1.82) is 0 Å². The normalized spacial score (nSPS) is 9.93. The van der Waals surface area contributed by atoms with E-state index in [1.807, 2.05) is 42.5 Å². The van der Waals surface area contributed by atoms with Gasteiger partial charge >= 0.3 is 0 Å². The van der Waals surface area contributed by atoms with Crippen molar-refractivity contribution in [3.8, 4) is 0 Å². The highest BCUT2D eigenvalue weighted by Gasteiger charge is 1.98. The van der Waals surface area contributed by atoms with Crippen LogP contribution in [0.1, 0.15) is 5.69 Å². The van der Waals surface area contributed by atoms with Gasteiger partial charge in [-0.3, -0.25) is 4.98 Å². The van der Waals surface area contributed by atoms with Crippen LogP contribution in [0.15, 0.2) is 53.1 Å². The number of hydrogen-bond acceptors (Lipinski definition) is 2. The van der Waals surface area contributed by atoms with E-state index in [-0.39, 0.29) is 0 Å². The van der Waals surface area contributed by atoms with Crippen molar-refractivity contribution in [2.24, 2.45) is 0 Å². The molecule has 2 nitrogen and oxygen atoms in total. The Morgan fingerprint density at radius 2 is 1.87 bits per heavy atom. The van der Waals surface area contributed by atoms with E-state index in [4.69, 9.17) is 0 Å². The summed E-state index contributed by atoms with van der Waals surface area (Å²) in [5, 5.41) is 3.31. The van der Waals surface area contributed by atoms with Crippen LogP contribution in [-0.4, -0.2) is 4.98 Å². The summed E-state index contributed by atoms with van der Waals surface area (Å²) in [6, 6.07) is 14.0. The molecule has 0 atom stereocenters. The molecule has 2 rings (SSSR count). The van der Waals surface area contributed by atoms with Gasteiger partial charge in [0, 0.05) is 16.4 Å². The highest BCUT2D eigenvalue weighted by Crippen LogP contribution is 2.15. The molecule has 1 N–H and O–H groups in total. The highest BCUT2D eigenvalue weighted by molar-refractivity contribution is 9.10. The third-order valence-corrected chi connectivity index (χ3v) is 2.79. The maximum atomic E-state index is 4.28. The summed E-state index contributed by atoms with van der Waals surface area (Å²) < 4.78 is 1.04. The molecule has 0 aliphatic heterocycles. The van der Waals surface area contributed by atoms with E-state index >= 15 is 0 Å². The van der Waals surface area contributed by atoms with Crippen molar-refractivity contribution < 1.29 is 0 Å². The molecule has 0 unspecified atom stereocenters. The lowest BCUT2D eigenvalue weighted by Gasteiger charge is -2.06. The zero-order valence-corrected chi connectivity index (χ0v) is 9.74. The zero-order valence-electron chi connectivity index (χ0n) is 8.15. The maximum absolute atomic E-state index is 4.28. The van der Waals surface area contributed by atoms with Crippen LogP contribution in [0.5, 0.6) is 0 Å². The van der Waals surface area contributed by atoms with Gasteiger partial charge in [-0.25, -0.2) is 0 Å². The van der Waals surface area contributed by atoms with Crippen molar-refractivity contribution in [2.45, 2.75) is 6.54 Å². The lowest BCUT2D eigenvalue weighted by Crippen LogP contribution is -2.01. The summed E-state index contributed by atoms with van der Waals surface area (Å²) in [5.74, 6) is 0. The monoisotopic (exact) mass is 262 g/mol. The zero-order chi connectivity index (χ0) is 10.5. The SMILES string of the molecule is Brc1cccnc1CNc1ccccc1. The maximum Gasteiger partial charge on any atom is 0.0736 e. The molecule has 1 aromatic carbocycles. The first kappa shape index (κ1) is 10.2. The third kappa shape index (κ3) is 2.80. The third-order valence-electron chi connectivity index (χ3n) is 2.07. The standard InChI is InChI=1S/C12H11BrN2/c13-11-7-4-8-14-12(11)9-15-10-5-2-1-3-6-10/h1-8,15H,9H2.